The molecule has 0 N–H and O–H groups in total. The van der Waals surface area contributed by atoms with Gasteiger partial charge in [0.15, 0.2) is 17.2 Å². The maximum Gasteiger partial charge on any atom is 0.155 e. The first-order chi connectivity index (χ1) is 23.3. The molecule has 0 fully saturated rings. The first kappa shape index (κ1) is 25.0. The summed E-state index contributed by atoms with van der Waals surface area (Å²) < 4.78 is 22.0. The Kier molecular flexibility index (Phi) is 4.89. The zero-order valence-electron chi connectivity index (χ0n) is 25.2. The molecule has 2 aliphatic heterocycles. The van der Waals surface area contributed by atoms with Gasteiger partial charge in [0, 0.05) is 51.3 Å². The molecule has 0 unspecified atom stereocenters. The van der Waals surface area contributed by atoms with Crippen LogP contribution in [0.5, 0.6) is 17.2 Å². The number of aromatic nitrogens is 1. The van der Waals surface area contributed by atoms with Crippen molar-refractivity contribution in [1.82, 2.24) is 4.57 Å². The van der Waals surface area contributed by atoms with Crippen LogP contribution in [0.3, 0.4) is 0 Å². The summed E-state index contributed by atoms with van der Waals surface area (Å²) in [6.07, 6.45) is 4.17. The molecule has 0 amide bonds. The third-order valence-corrected chi connectivity index (χ3v) is 9.77. The Bertz CT molecular complexity index is 2750. The van der Waals surface area contributed by atoms with E-state index >= 15 is 0 Å². The molecule has 0 saturated carbocycles. The highest BCUT2D eigenvalue weighted by Gasteiger charge is 2.32. The number of furan rings is 1. The van der Waals surface area contributed by atoms with Gasteiger partial charge in [0.05, 0.1) is 16.6 Å². The van der Waals surface area contributed by atoms with Gasteiger partial charge in [-0.15, -0.1) is 0 Å². The topological polar surface area (TPSA) is 39.8 Å². The van der Waals surface area contributed by atoms with E-state index in [-0.39, 0.29) is 0 Å². The third-order valence-electron chi connectivity index (χ3n) is 9.77. The van der Waals surface area contributed by atoms with Gasteiger partial charge in [-0.1, -0.05) is 72.8 Å². The highest BCUT2D eigenvalue weighted by Crippen LogP contribution is 2.48. The normalized spacial score (nSPS) is 13.8. The minimum Gasteiger partial charge on any atom is -0.457 e. The van der Waals surface area contributed by atoms with Crippen molar-refractivity contribution in [3.63, 3.8) is 0 Å². The van der Waals surface area contributed by atoms with Gasteiger partial charge < -0.3 is 18.8 Å². The van der Waals surface area contributed by atoms with Crippen LogP contribution in [0.2, 0.25) is 0 Å². The van der Waals surface area contributed by atoms with Crippen LogP contribution < -0.4 is 24.9 Å². The van der Waals surface area contributed by atoms with Gasteiger partial charge in [-0.25, -0.2) is 0 Å². The van der Waals surface area contributed by atoms with Crippen molar-refractivity contribution in [2.24, 2.45) is 0 Å². The maximum absolute atomic E-state index is 6.73. The number of anilines is 3. The van der Waals surface area contributed by atoms with Crippen molar-refractivity contribution in [1.29, 1.82) is 0 Å². The molecule has 5 nitrogen and oxygen atoms in total. The molecule has 222 valence electrons. The second-order valence-corrected chi connectivity index (χ2v) is 12.4. The summed E-state index contributed by atoms with van der Waals surface area (Å²) in [7, 11) is 0. The van der Waals surface area contributed by atoms with Crippen molar-refractivity contribution >= 4 is 61.7 Å². The van der Waals surface area contributed by atoms with E-state index in [9.17, 15) is 0 Å². The molecule has 0 radical (unpaired) electrons. The Hall–Kier alpha value is -6.20. The monoisotopic (exact) mass is 606 g/mol. The van der Waals surface area contributed by atoms with Crippen LogP contribution in [0.4, 0.5) is 17.1 Å². The molecule has 6 aromatic carbocycles. The lowest BCUT2D eigenvalue weighted by Crippen LogP contribution is -2.37. The quantitative estimate of drug-likeness (QED) is 0.200. The molecule has 11 rings (SSSR count). The van der Waals surface area contributed by atoms with Crippen molar-refractivity contribution in [2.75, 3.05) is 4.90 Å². The number of rotatable bonds is 4. The molecular weight excluding hydrogens is 580 g/mol. The number of ether oxygens (including phenoxy) is 2. The zero-order chi connectivity index (χ0) is 30.6. The molecule has 4 heterocycles. The lowest BCUT2D eigenvalue weighted by molar-refractivity contribution is 0.437. The van der Waals surface area contributed by atoms with Crippen molar-refractivity contribution in [2.45, 2.75) is 12.8 Å². The van der Waals surface area contributed by atoms with Crippen LogP contribution in [0.15, 0.2) is 132 Å². The number of hydrogen-bond acceptors (Lipinski definition) is 4. The van der Waals surface area contributed by atoms with E-state index in [1.807, 2.05) is 30.3 Å². The van der Waals surface area contributed by atoms with Gasteiger partial charge >= 0.3 is 0 Å². The van der Waals surface area contributed by atoms with E-state index < -0.39 is 0 Å². The highest BCUT2D eigenvalue weighted by atomic mass is 16.5. The van der Waals surface area contributed by atoms with Gasteiger partial charge in [0.25, 0.3) is 0 Å². The van der Waals surface area contributed by atoms with Gasteiger partial charge in [-0.3, -0.25) is 4.57 Å². The van der Waals surface area contributed by atoms with Crippen LogP contribution in [0.1, 0.15) is 12.8 Å². The van der Waals surface area contributed by atoms with E-state index in [0.29, 0.717) is 0 Å². The fourth-order valence-electron chi connectivity index (χ4n) is 7.76. The summed E-state index contributed by atoms with van der Waals surface area (Å²) in [5.41, 5.74) is 9.19. The van der Waals surface area contributed by atoms with Gasteiger partial charge in [0.2, 0.25) is 0 Å². The number of benzene rings is 6. The lowest BCUT2D eigenvalue weighted by atomic mass is 10.0. The van der Waals surface area contributed by atoms with Crippen LogP contribution in [-0.2, 0) is 0 Å². The van der Waals surface area contributed by atoms with Crippen molar-refractivity contribution in [3.8, 4) is 34.1 Å². The fraction of sp³-hybridized carbons (Fsp3) is 0.0476. The molecule has 5 heteroatoms. The molecule has 47 heavy (non-hydrogen) atoms. The first-order valence-corrected chi connectivity index (χ1v) is 16.1. The van der Waals surface area contributed by atoms with Crippen LogP contribution >= 0.6 is 0 Å². The number of fused-ring (bicyclic) bond motifs is 4. The second kappa shape index (κ2) is 9.18. The third kappa shape index (κ3) is 3.48. The molecule has 8 aromatic rings. The number of nitrogens with zero attached hydrogens (tertiary/aromatic N) is 2. The van der Waals surface area contributed by atoms with E-state index in [0.717, 1.165) is 102 Å². The number of hydrogen-bond donors (Lipinski definition) is 0. The van der Waals surface area contributed by atoms with Gasteiger partial charge in [-0.05, 0) is 66.1 Å². The van der Waals surface area contributed by atoms with Gasteiger partial charge in [0.1, 0.15) is 22.6 Å². The second-order valence-electron chi connectivity index (χ2n) is 12.4. The zero-order valence-corrected chi connectivity index (χ0v) is 25.2. The Balaban J connectivity index is 1.20. The molecule has 0 bridgehead atoms. The predicted molar refractivity (Wildman–Crippen MR) is 188 cm³/mol. The van der Waals surface area contributed by atoms with E-state index in [1.165, 1.54) is 10.8 Å². The minimum absolute atomic E-state index is 0.804. The average molecular weight is 607 g/mol. The summed E-state index contributed by atoms with van der Waals surface area (Å²) in [6.45, 7) is 0. The summed E-state index contributed by atoms with van der Waals surface area (Å²) in [4.78, 5) is 2.32. The Morgan fingerprint density at radius 2 is 1.34 bits per heavy atom. The summed E-state index contributed by atoms with van der Waals surface area (Å²) in [5, 5.41) is 5.73. The summed E-state index contributed by atoms with van der Waals surface area (Å²) in [6, 6.07) is 44.6. The maximum atomic E-state index is 6.73. The molecular formula is C42H26N2O3. The van der Waals surface area contributed by atoms with E-state index in [4.69, 9.17) is 13.9 Å². The standard InChI is InChI=1S/C42H26N2O3/c1-2-9-25(10-3-1)26-11-6-12-27(21-26)43(28-19-20-31-30-13-4-5-15-34(30)45-38(31)23-28)29-22-33-32-14-7-16-35-40(32)44-41(33)39(24-29)47-37-18-8-17-36(46-35)42(37)44/h1-6,8-15,17-24H,7,16H2. The smallest absolute Gasteiger partial charge is 0.155 e. The van der Waals surface area contributed by atoms with Crippen LogP contribution in [0.25, 0.3) is 61.5 Å². The molecule has 2 aromatic heterocycles. The summed E-state index contributed by atoms with van der Waals surface area (Å²) >= 11 is 0. The lowest BCUT2D eigenvalue weighted by Gasteiger charge is -2.29. The SMILES string of the molecule is C1=c2c3n4c5c(cc(N(c6cccc(-c7ccccc7)c6)c6ccc7c(c6)oc6ccccc67)cc25)Oc2cccc(c2-4)OC=3CC1. The summed E-state index contributed by atoms with van der Waals surface area (Å²) in [5.74, 6) is 3.52. The highest BCUT2D eigenvalue weighted by molar-refractivity contribution is 6.06. The molecule has 0 saturated heterocycles. The van der Waals surface area contributed by atoms with Gasteiger partial charge in [-0.2, -0.15) is 0 Å². The predicted octanol–water partition coefficient (Wildman–Crippen LogP) is 9.85. The van der Waals surface area contributed by atoms with E-state index in [1.54, 1.807) is 0 Å². The first-order valence-electron chi connectivity index (χ1n) is 16.1. The average Bonchev–Trinajstić information content (AvgIpc) is 3.66. The fourth-order valence-corrected chi connectivity index (χ4v) is 7.76. The molecule has 1 aliphatic carbocycles. The molecule has 0 atom stereocenters. The Morgan fingerprint density at radius 1 is 0.553 bits per heavy atom. The van der Waals surface area contributed by atoms with E-state index in [2.05, 4.69) is 113 Å². The largest absolute Gasteiger partial charge is 0.457 e. The Labute approximate surface area is 269 Å². The minimum atomic E-state index is 0.804. The van der Waals surface area contributed by atoms with Crippen molar-refractivity contribution in [3.05, 3.63) is 138 Å². The van der Waals surface area contributed by atoms with Crippen LogP contribution in [-0.4, -0.2) is 4.57 Å². The molecule has 0 spiro atoms. The van der Waals surface area contributed by atoms with Crippen LogP contribution in [0, 0.1) is 0 Å². The van der Waals surface area contributed by atoms with Crippen molar-refractivity contribution < 1.29 is 13.9 Å². The molecule has 3 aliphatic rings. The Morgan fingerprint density at radius 3 is 2.28 bits per heavy atom. The number of para-hydroxylation sites is 2.